The van der Waals surface area contributed by atoms with Gasteiger partial charge in [0, 0.05) is 6.54 Å². The summed E-state index contributed by atoms with van der Waals surface area (Å²) in [5, 5.41) is 2.57. The molecule has 5 nitrogen and oxygen atoms in total. The van der Waals surface area contributed by atoms with E-state index in [1.54, 1.807) is 26.0 Å². The first-order chi connectivity index (χ1) is 13.8. The average molecular weight is 443 g/mol. The number of carbonyl (C=O) groups excluding carboxylic acids is 1. The summed E-state index contributed by atoms with van der Waals surface area (Å²) in [5.41, 5.74) is 1.39. The molecule has 2 aromatic carbocycles. The normalized spacial score (nSPS) is 13.0. The Hall–Kier alpha value is -2.55. The van der Waals surface area contributed by atoms with Crippen molar-refractivity contribution in [2.24, 2.45) is 0 Å². The molecule has 0 fully saturated rings. The Bertz CT molecular complexity index is 1020. The largest absolute Gasteiger partial charge is 0.416 e. The molecule has 0 spiro atoms. The molecular formula is C21H25F3N2O3S. The second-order valence-corrected chi connectivity index (χ2v) is 9.05. The molecule has 0 heterocycles. The smallest absolute Gasteiger partial charge is 0.350 e. The first kappa shape index (κ1) is 23.7. The highest BCUT2D eigenvalue weighted by atomic mass is 32.2. The lowest BCUT2D eigenvalue weighted by Gasteiger charge is -2.31. The Balaban J connectivity index is 2.30. The maximum absolute atomic E-state index is 12.9. The summed E-state index contributed by atoms with van der Waals surface area (Å²) in [6.07, 6.45) is -3.27. The maximum Gasteiger partial charge on any atom is 0.416 e. The number of carbonyl (C=O) groups is 1. The SMILES string of the molecule is CC[C@H](C(=O)NCc1cccc(C(F)(F)F)c1)N(c1cc(C)ccc1C)S(C)(=O)=O. The van der Waals surface area contributed by atoms with Gasteiger partial charge in [-0.05, 0) is 55.2 Å². The molecule has 9 heteroatoms. The van der Waals surface area contributed by atoms with Crippen LogP contribution < -0.4 is 9.62 Å². The van der Waals surface area contributed by atoms with Gasteiger partial charge in [-0.1, -0.05) is 31.2 Å². The summed E-state index contributed by atoms with van der Waals surface area (Å²) in [6.45, 7) is 5.10. The molecule has 164 valence electrons. The van der Waals surface area contributed by atoms with Gasteiger partial charge in [0.15, 0.2) is 0 Å². The lowest BCUT2D eigenvalue weighted by atomic mass is 10.1. The molecule has 0 aliphatic rings. The van der Waals surface area contributed by atoms with Crippen LogP contribution in [0.3, 0.4) is 0 Å². The number of sulfonamides is 1. The van der Waals surface area contributed by atoms with E-state index >= 15 is 0 Å². The van der Waals surface area contributed by atoms with Gasteiger partial charge in [-0.2, -0.15) is 13.2 Å². The molecule has 0 aromatic heterocycles. The van der Waals surface area contributed by atoms with Gasteiger partial charge >= 0.3 is 6.18 Å². The van der Waals surface area contributed by atoms with E-state index in [1.807, 2.05) is 13.0 Å². The minimum Gasteiger partial charge on any atom is -0.350 e. The van der Waals surface area contributed by atoms with Gasteiger partial charge in [0.2, 0.25) is 15.9 Å². The lowest BCUT2D eigenvalue weighted by Crippen LogP contribution is -2.49. The van der Waals surface area contributed by atoms with Crippen LogP contribution in [0, 0.1) is 13.8 Å². The van der Waals surface area contributed by atoms with E-state index < -0.39 is 33.7 Å². The van der Waals surface area contributed by atoms with E-state index in [9.17, 15) is 26.4 Å². The first-order valence-electron chi connectivity index (χ1n) is 9.35. The number of nitrogens with one attached hydrogen (secondary N) is 1. The number of hydrogen-bond donors (Lipinski definition) is 1. The summed E-state index contributed by atoms with van der Waals surface area (Å²) in [4.78, 5) is 12.8. The molecule has 0 unspecified atom stereocenters. The molecule has 1 amide bonds. The minimum absolute atomic E-state index is 0.149. The van der Waals surface area contributed by atoms with E-state index in [4.69, 9.17) is 0 Å². The summed E-state index contributed by atoms with van der Waals surface area (Å²) < 4.78 is 64.8. The fourth-order valence-electron chi connectivity index (χ4n) is 3.16. The van der Waals surface area contributed by atoms with Crippen LogP contribution in [0.5, 0.6) is 0 Å². The molecule has 0 aliphatic heterocycles. The maximum atomic E-state index is 12.9. The van der Waals surface area contributed by atoms with E-state index in [0.29, 0.717) is 11.3 Å². The van der Waals surface area contributed by atoms with Crippen molar-refractivity contribution in [2.75, 3.05) is 10.6 Å². The Labute approximate surface area is 175 Å². The second-order valence-electron chi connectivity index (χ2n) is 7.19. The van der Waals surface area contributed by atoms with Gasteiger partial charge in [0.05, 0.1) is 17.5 Å². The van der Waals surface area contributed by atoms with Crippen LogP contribution in [0.4, 0.5) is 18.9 Å². The number of hydrogen-bond acceptors (Lipinski definition) is 3. The number of benzene rings is 2. The monoisotopic (exact) mass is 442 g/mol. The van der Waals surface area contributed by atoms with Gasteiger partial charge in [-0.3, -0.25) is 9.10 Å². The van der Waals surface area contributed by atoms with Crippen molar-refractivity contribution in [3.8, 4) is 0 Å². The van der Waals surface area contributed by atoms with Crippen molar-refractivity contribution in [3.63, 3.8) is 0 Å². The van der Waals surface area contributed by atoms with Crippen LogP contribution >= 0.6 is 0 Å². The number of halogens is 3. The molecule has 0 aliphatic carbocycles. The Morgan fingerprint density at radius 3 is 2.37 bits per heavy atom. The summed E-state index contributed by atoms with van der Waals surface area (Å²) in [6, 6.07) is 8.91. The standard InChI is InChI=1S/C21H25F3N2O3S/c1-5-18(26(30(4,28)29)19-11-14(2)9-10-15(19)3)20(27)25-13-16-7-6-8-17(12-16)21(22,23)24/h6-12,18H,5,13H2,1-4H3,(H,25,27)/t18-/m1/s1. The Morgan fingerprint density at radius 1 is 1.13 bits per heavy atom. The minimum atomic E-state index is -4.48. The van der Waals surface area contributed by atoms with Crippen LogP contribution in [0.2, 0.25) is 0 Å². The lowest BCUT2D eigenvalue weighted by molar-refractivity contribution is -0.137. The summed E-state index contributed by atoms with van der Waals surface area (Å²) >= 11 is 0. The van der Waals surface area contributed by atoms with Gasteiger partial charge in [0.25, 0.3) is 0 Å². The number of amides is 1. The van der Waals surface area contributed by atoms with Gasteiger partial charge < -0.3 is 5.32 Å². The highest BCUT2D eigenvalue weighted by Gasteiger charge is 2.33. The molecule has 0 saturated heterocycles. The third-order valence-electron chi connectivity index (χ3n) is 4.65. The zero-order valence-corrected chi connectivity index (χ0v) is 18.1. The molecule has 2 aromatic rings. The zero-order valence-electron chi connectivity index (χ0n) is 17.2. The molecule has 1 atom stereocenters. The predicted octanol–water partition coefficient (Wildman–Crippen LogP) is 4.18. The highest BCUT2D eigenvalue weighted by Crippen LogP contribution is 2.30. The van der Waals surface area contributed by atoms with Crippen LogP contribution in [-0.4, -0.2) is 26.6 Å². The number of rotatable bonds is 7. The number of aryl methyl sites for hydroxylation is 2. The van der Waals surface area contributed by atoms with Gasteiger partial charge in [-0.25, -0.2) is 8.42 Å². The quantitative estimate of drug-likeness (QED) is 0.700. The highest BCUT2D eigenvalue weighted by molar-refractivity contribution is 7.92. The third-order valence-corrected chi connectivity index (χ3v) is 5.82. The van der Waals surface area contributed by atoms with Gasteiger partial charge in [0.1, 0.15) is 6.04 Å². The number of alkyl halides is 3. The molecule has 0 bridgehead atoms. The predicted molar refractivity (Wildman–Crippen MR) is 111 cm³/mol. The zero-order chi connectivity index (χ0) is 22.7. The van der Waals surface area contributed by atoms with Crippen LogP contribution in [0.15, 0.2) is 42.5 Å². The first-order valence-corrected chi connectivity index (χ1v) is 11.2. The van der Waals surface area contributed by atoms with Crippen molar-refractivity contribution < 1.29 is 26.4 Å². The number of nitrogens with zero attached hydrogens (tertiary/aromatic N) is 1. The van der Waals surface area contributed by atoms with E-state index in [1.165, 1.54) is 12.1 Å². The fraction of sp³-hybridized carbons (Fsp3) is 0.381. The van der Waals surface area contributed by atoms with Crippen LogP contribution in [0.1, 0.15) is 35.6 Å². The van der Waals surface area contributed by atoms with E-state index in [2.05, 4.69) is 5.32 Å². The van der Waals surface area contributed by atoms with Gasteiger partial charge in [-0.15, -0.1) is 0 Å². The molecule has 0 radical (unpaired) electrons. The molecule has 2 rings (SSSR count). The molecule has 30 heavy (non-hydrogen) atoms. The molecule has 1 N–H and O–H groups in total. The second kappa shape index (κ2) is 9.07. The van der Waals surface area contributed by atoms with E-state index in [-0.39, 0.29) is 18.5 Å². The van der Waals surface area contributed by atoms with Crippen molar-refractivity contribution in [2.45, 2.75) is 46.0 Å². The fourth-order valence-corrected chi connectivity index (χ4v) is 4.42. The molecular weight excluding hydrogens is 417 g/mol. The van der Waals surface area contributed by atoms with Crippen LogP contribution in [0.25, 0.3) is 0 Å². The topological polar surface area (TPSA) is 66.5 Å². The third kappa shape index (κ3) is 5.75. The van der Waals surface area contributed by atoms with Crippen molar-refractivity contribution in [3.05, 3.63) is 64.7 Å². The van der Waals surface area contributed by atoms with Crippen molar-refractivity contribution >= 4 is 21.6 Å². The van der Waals surface area contributed by atoms with Crippen molar-refractivity contribution in [1.82, 2.24) is 5.32 Å². The van der Waals surface area contributed by atoms with Crippen molar-refractivity contribution in [1.29, 1.82) is 0 Å². The Kier molecular flexibility index (Phi) is 7.18. The Morgan fingerprint density at radius 2 is 1.80 bits per heavy atom. The molecule has 0 saturated carbocycles. The summed E-state index contributed by atoms with van der Waals surface area (Å²) in [5.74, 6) is -0.582. The van der Waals surface area contributed by atoms with E-state index in [0.717, 1.165) is 28.3 Å². The summed E-state index contributed by atoms with van der Waals surface area (Å²) in [7, 11) is -3.80. The number of anilines is 1. The average Bonchev–Trinajstić information content (AvgIpc) is 2.65. The van der Waals surface area contributed by atoms with Crippen LogP contribution in [-0.2, 0) is 27.5 Å².